The van der Waals surface area contributed by atoms with Crippen LogP contribution in [-0.2, 0) is 0 Å². The number of amides is 2. The lowest BCUT2D eigenvalue weighted by Gasteiger charge is -2.06. The number of hydrogen-bond donors (Lipinski definition) is 3. The summed E-state index contributed by atoms with van der Waals surface area (Å²) in [5, 5.41) is 19.4. The second kappa shape index (κ2) is 8.53. The Kier molecular flexibility index (Phi) is 5.90. The highest BCUT2D eigenvalue weighted by Gasteiger charge is 2.15. The summed E-state index contributed by atoms with van der Waals surface area (Å²) in [7, 11) is 0. The number of phenols is 1. The number of nitrogens with zero attached hydrogens (tertiary/aromatic N) is 3. The van der Waals surface area contributed by atoms with Crippen LogP contribution in [0.25, 0.3) is 5.69 Å². The van der Waals surface area contributed by atoms with E-state index in [0.717, 1.165) is 5.69 Å². The van der Waals surface area contributed by atoms with Gasteiger partial charge in [0, 0.05) is 23.7 Å². The molecular formula is C19H18ClN5O3. The van der Waals surface area contributed by atoms with Crippen LogP contribution in [-0.4, -0.2) is 44.8 Å². The molecule has 0 saturated carbocycles. The topological polar surface area (TPSA) is 109 Å². The van der Waals surface area contributed by atoms with Crippen molar-refractivity contribution in [3.63, 3.8) is 0 Å². The van der Waals surface area contributed by atoms with Crippen molar-refractivity contribution in [1.29, 1.82) is 0 Å². The Morgan fingerprint density at radius 2 is 1.61 bits per heavy atom. The quantitative estimate of drug-likeness (QED) is 0.550. The molecule has 0 fully saturated rings. The third-order valence-corrected chi connectivity index (χ3v) is 4.12. The molecule has 0 aliphatic rings. The molecular weight excluding hydrogens is 382 g/mol. The summed E-state index contributed by atoms with van der Waals surface area (Å²) < 4.78 is 1.55. The molecule has 144 valence electrons. The lowest BCUT2D eigenvalue weighted by molar-refractivity contribution is 0.0922. The molecule has 3 N–H and O–H groups in total. The van der Waals surface area contributed by atoms with E-state index in [1.807, 2.05) is 0 Å². The fourth-order valence-electron chi connectivity index (χ4n) is 2.46. The summed E-state index contributed by atoms with van der Waals surface area (Å²) in [5.41, 5.74) is 1.16. The normalized spacial score (nSPS) is 10.5. The minimum atomic E-state index is -0.435. The Morgan fingerprint density at radius 3 is 2.25 bits per heavy atom. The van der Waals surface area contributed by atoms with Crippen LogP contribution >= 0.6 is 11.6 Å². The fourth-order valence-corrected chi connectivity index (χ4v) is 2.59. The van der Waals surface area contributed by atoms with Gasteiger partial charge in [-0.05, 0) is 55.5 Å². The maximum absolute atomic E-state index is 12.2. The molecule has 3 rings (SSSR count). The molecule has 0 unspecified atom stereocenters. The van der Waals surface area contributed by atoms with Crippen molar-refractivity contribution in [1.82, 2.24) is 25.4 Å². The number of halogens is 1. The first-order chi connectivity index (χ1) is 13.4. The minimum Gasteiger partial charge on any atom is -0.508 e. The van der Waals surface area contributed by atoms with Gasteiger partial charge in [0.05, 0.1) is 5.69 Å². The standard InChI is InChI=1S/C19H18ClN5O3/c1-12-23-17(24-25(12)15-6-4-14(20)5-7-15)19(28)22-11-10-21-18(27)13-2-8-16(26)9-3-13/h2-9,26H,10-11H2,1H3,(H,21,27)(H,22,28). The van der Waals surface area contributed by atoms with Gasteiger partial charge in [0.1, 0.15) is 11.6 Å². The van der Waals surface area contributed by atoms with Gasteiger partial charge in [0.15, 0.2) is 0 Å². The molecule has 9 heteroatoms. The molecule has 0 radical (unpaired) electrons. The Hall–Kier alpha value is -3.39. The smallest absolute Gasteiger partial charge is 0.291 e. The molecule has 1 aromatic heterocycles. The highest BCUT2D eigenvalue weighted by molar-refractivity contribution is 6.30. The van der Waals surface area contributed by atoms with Gasteiger partial charge in [0.2, 0.25) is 5.82 Å². The molecule has 2 amide bonds. The minimum absolute atomic E-state index is 0.0392. The van der Waals surface area contributed by atoms with Crippen molar-refractivity contribution in [2.24, 2.45) is 0 Å². The fraction of sp³-hybridized carbons (Fsp3) is 0.158. The molecule has 3 aromatic rings. The number of aromatic nitrogens is 3. The van der Waals surface area contributed by atoms with Crippen LogP contribution in [0.1, 0.15) is 26.8 Å². The SMILES string of the molecule is Cc1nc(C(=O)NCCNC(=O)c2ccc(O)cc2)nn1-c1ccc(Cl)cc1. The number of benzene rings is 2. The molecule has 0 spiro atoms. The van der Waals surface area contributed by atoms with Gasteiger partial charge in [-0.3, -0.25) is 9.59 Å². The van der Waals surface area contributed by atoms with Crippen molar-refractivity contribution in [3.8, 4) is 11.4 Å². The van der Waals surface area contributed by atoms with Crippen LogP contribution in [0.15, 0.2) is 48.5 Å². The summed E-state index contributed by atoms with van der Waals surface area (Å²) >= 11 is 5.88. The van der Waals surface area contributed by atoms with Crippen LogP contribution < -0.4 is 10.6 Å². The number of nitrogens with one attached hydrogen (secondary N) is 2. The van der Waals surface area contributed by atoms with Crippen molar-refractivity contribution in [2.75, 3.05) is 13.1 Å². The average Bonchev–Trinajstić information content (AvgIpc) is 3.08. The van der Waals surface area contributed by atoms with E-state index in [2.05, 4.69) is 20.7 Å². The zero-order chi connectivity index (χ0) is 20.1. The van der Waals surface area contributed by atoms with Gasteiger partial charge in [0.25, 0.3) is 11.8 Å². The molecule has 1 heterocycles. The number of phenolic OH excluding ortho intramolecular Hbond substituents is 1. The first-order valence-corrected chi connectivity index (χ1v) is 8.87. The van der Waals surface area contributed by atoms with Gasteiger partial charge in [-0.1, -0.05) is 11.6 Å². The Bertz CT molecular complexity index is 984. The van der Waals surface area contributed by atoms with Crippen molar-refractivity contribution >= 4 is 23.4 Å². The largest absolute Gasteiger partial charge is 0.508 e. The number of aryl methyl sites for hydroxylation is 1. The summed E-state index contributed by atoms with van der Waals surface area (Å²) in [6.07, 6.45) is 0. The van der Waals surface area contributed by atoms with Crippen LogP contribution in [0.5, 0.6) is 5.75 Å². The number of carbonyl (C=O) groups excluding carboxylic acids is 2. The number of hydrogen-bond acceptors (Lipinski definition) is 5. The van der Waals surface area contributed by atoms with E-state index < -0.39 is 5.91 Å². The van der Waals surface area contributed by atoms with E-state index in [-0.39, 0.29) is 30.6 Å². The van der Waals surface area contributed by atoms with Crippen LogP contribution in [0.3, 0.4) is 0 Å². The Balaban J connectivity index is 1.52. The Labute approximate surface area is 166 Å². The molecule has 0 atom stereocenters. The maximum Gasteiger partial charge on any atom is 0.291 e. The summed E-state index contributed by atoms with van der Waals surface area (Å²) in [5.74, 6) is -0.0417. The van der Waals surface area contributed by atoms with Gasteiger partial charge < -0.3 is 15.7 Å². The number of rotatable bonds is 6. The zero-order valence-electron chi connectivity index (χ0n) is 15.0. The van der Waals surface area contributed by atoms with E-state index >= 15 is 0 Å². The van der Waals surface area contributed by atoms with Crippen molar-refractivity contribution in [2.45, 2.75) is 6.92 Å². The average molecular weight is 400 g/mol. The van der Waals surface area contributed by atoms with Crippen molar-refractivity contribution < 1.29 is 14.7 Å². The van der Waals surface area contributed by atoms with E-state index in [4.69, 9.17) is 11.6 Å². The zero-order valence-corrected chi connectivity index (χ0v) is 15.8. The third kappa shape index (κ3) is 4.66. The predicted molar refractivity (Wildman–Crippen MR) is 104 cm³/mol. The molecule has 0 aliphatic heterocycles. The van der Waals surface area contributed by atoms with Gasteiger partial charge in [-0.25, -0.2) is 9.67 Å². The molecule has 8 nitrogen and oxygen atoms in total. The second-order valence-corrected chi connectivity index (χ2v) is 6.37. The first-order valence-electron chi connectivity index (χ1n) is 8.49. The Morgan fingerprint density at radius 1 is 1.00 bits per heavy atom. The van der Waals surface area contributed by atoms with E-state index in [1.54, 1.807) is 35.9 Å². The van der Waals surface area contributed by atoms with Crippen LogP contribution in [0.4, 0.5) is 0 Å². The van der Waals surface area contributed by atoms with E-state index in [1.165, 1.54) is 24.3 Å². The second-order valence-electron chi connectivity index (χ2n) is 5.93. The lowest BCUT2D eigenvalue weighted by Crippen LogP contribution is -2.35. The third-order valence-electron chi connectivity index (χ3n) is 3.87. The molecule has 2 aromatic carbocycles. The van der Waals surface area contributed by atoms with Crippen LogP contribution in [0.2, 0.25) is 5.02 Å². The van der Waals surface area contributed by atoms with Crippen molar-refractivity contribution in [3.05, 3.63) is 70.8 Å². The highest BCUT2D eigenvalue weighted by atomic mass is 35.5. The monoisotopic (exact) mass is 399 g/mol. The highest BCUT2D eigenvalue weighted by Crippen LogP contribution is 2.14. The molecule has 0 aliphatic carbocycles. The van der Waals surface area contributed by atoms with E-state index in [9.17, 15) is 14.7 Å². The lowest BCUT2D eigenvalue weighted by atomic mass is 10.2. The first kappa shape index (κ1) is 19.4. The van der Waals surface area contributed by atoms with E-state index in [0.29, 0.717) is 16.4 Å². The van der Waals surface area contributed by atoms with Gasteiger partial charge in [-0.15, -0.1) is 5.10 Å². The van der Waals surface area contributed by atoms with Gasteiger partial charge >= 0.3 is 0 Å². The number of carbonyl (C=O) groups is 2. The van der Waals surface area contributed by atoms with Crippen LogP contribution in [0, 0.1) is 6.92 Å². The molecule has 0 saturated heterocycles. The summed E-state index contributed by atoms with van der Waals surface area (Å²) in [6, 6.07) is 12.9. The molecule has 0 bridgehead atoms. The summed E-state index contributed by atoms with van der Waals surface area (Å²) in [6.45, 7) is 2.20. The van der Waals surface area contributed by atoms with Gasteiger partial charge in [-0.2, -0.15) is 0 Å². The number of aromatic hydroxyl groups is 1. The maximum atomic E-state index is 12.2. The predicted octanol–water partition coefficient (Wildman–Crippen LogP) is 2.09. The summed E-state index contributed by atoms with van der Waals surface area (Å²) in [4.78, 5) is 28.4. The molecule has 28 heavy (non-hydrogen) atoms.